The second-order valence-electron chi connectivity index (χ2n) is 4.39. The van der Waals surface area contributed by atoms with Gasteiger partial charge in [0.05, 0.1) is 10.8 Å². The molecule has 2 atom stereocenters. The molecule has 0 aromatic carbocycles. The SMILES string of the molecule is Cc1ccc([N+](=O)[O-])c(NC2C=CC(C(=O)O)C2)n1. The first-order valence-electron chi connectivity index (χ1n) is 5.77. The van der Waals surface area contributed by atoms with Crippen LogP contribution < -0.4 is 5.32 Å². The number of pyridine rings is 1. The standard InChI is InChI=1S/C12H13N3O4/c1-7-2-5-10(15(18)19)11(13-7)14-9-4-3-8(6-9)12(16)17/h2-5,8-9H,6H2,1H3,(H,13,14)(H,16,17). The minimum Gasteiger partial charge on any atom is -0.481 e. The maximum atomic E-state index is 10.9. The van der Waals surface area contributed by atoms with E-state index in [1.807, 2.05) is 0 Å². The van der Waals surface area contributed by atoms with E-state index >= 15 is 0 Å². The molecule has 100 valence electrons. The smallest absolute Gasteiger partial charge is 0.311 e. The van der Waals surface area contributed by atoms with Crippen LogP contribution in [0.2, 0.25) is 0 Å². The van der Waals surface area contributed by atoms with Gasteiger partial charge in [0.15, 0.2) is 0 Å². The van der Waals surface area contributed by atoms with Crippen LogP contribution in [0.4, 0.5) is 11.5 Å². The van der Waals surface area contributed by atoms with Gasteiger partial charge in [-0.25, -0.2) is 4.98 Å². The molecule has 1 aromatic rings. The predicted molar refractivity (Wildman–Crippen MR) is 67.9 cm³/mol. The normalized spacial score (nSPS) is 21.3. The molecule has 19 heavy (non-hydrogen) atoms. The van der Waals surface area contributed by atoms with Gasteiger partial charge in [-0.05, 0) is 19.4 Å². The number of hydrogen-bond acceptors (Lipinski definition) is 5. The molecule has 0 bridgehead atoms. The van der Waals surface area contributed by atoms with E-state index in [1.165, 1.54) is 6.07 Å². The minimum atomic E-state index is -0.896. The van der Waals surface area contributed by atoms with Gasteiger partial charge in [-0.1, -0.05) is 12.2 Å². The molecule has 0 radical (unpaired) electrons. The molecule has 1 aliphatic carbocycles. The van der Waals surface area contributed by atoms with Crippen LogP contribution in [0.3, 0.4) is 0 Å². The number of nitro groups is 1. The number of anilines is 1. The topological polar surface area (TPSA) is 105 Å². The van der Waals surface area contributed by atoms with Gasteiger partial charge >= 0.3 is 11.7 Å². The first-order chi connectivity index (χ1) is 8.97. The maximum Gasteiger partial charge on any atom is 0.311 e. The van der Waals surface area contributed by atoms with Gasteiger partial charge in [-0.2, -0.15) is 0 Å². The van der Waals surface area contributed by atoms with E-state index in [1.54, 1.807) is 25.1 Å². The summed E-state index contributed by atoms with van der Waals surface area (Å²) in [7, 11) is 0. The number of aliphatic carboxylic acids is 1. The zero-order valence-corrected chi connectivity index (χ0v) is 10.2. The molecule has 2 unspecified atom stereocenters. The van der Waals surface area contributed by atoms with Gasteiger partial charge in [-0.3, -0.25) is 14.9 Å². The van der Waals surface area contributed by atoms with Crippen molar-refractivity contribution in [1.82, 2.24) is 4.98 Å². The Morgan fingerprint density at radius 1 is 1.53 bits per heavy atom. The molecule has 0 aliphatic heterocycles. The van der Waals surface area contributed by atoms with Crippen molar-refractivity contribution in [1.29, 1.82) is 0 Å². The van der Waals surface area contributed by atoms with E-state index in [0.717, 1.165) is 0 Å². The van der Waals surface area contributed by atoms with E-state index in [9.17, 15) is 14.9 Å². The molecule has 0 saturated carbocycles. The zero-order chi connectivity index (χ0) is 14.0. The average Bonchev–Trinajstić information content (AvgIpc) is 2.77. The van der Waals surface area contributed by atoms with Gasteiger partial charge < -0.3 is 10.4 Å². The number of aryl methyl sites for hydroxylation is 1. The van der Waals surface area contributed by atoms with Crippen LogP contribution in [0.15, 0.2) is 24.3 Å². The second-order valence-corrected chi connectivity index (χ2v) is 4.39. The Morgan fingerprint density at radius 2 is 2.26 bits per heavy atom. The summed E-state index contributed by atoms with van der Waals surface area (Å²) in [4.78, 5) is 25.3. The molecule has 7 nitrogen and oxygen atoms in total. The van der Waals surface area contributed by atoms with Crippen molar-refractivity contribution in [2.45, 2.75) is 19.4 Å². The van der Waals surface area contributed by atoms with Crippen molar-refractivity contribution in [2.75, 3.05) is 5.32 Å². The average molecular weight is 263 g/mol. The highest BCUT2D eigenvalue weighted by Gasteiger charge is 2.26. The Kier molecular flexibility index (Phi) is 3.46. The zero-order valence-electron chi connectivity index (χ0n) is 10.2. The number of carboxylic acid groups (broad SMARTS) is 1. The first kappa shape index (κ1) is 13.0. The van der Waals surface area contributed by atoms with E-state index in [0.29, 0.717) is 12.1 Å². The van der Waals surface area contributed by atoms with Gasteiger partial charge in [0.1, 0.15) is 0 Å². The van der Waals surface area contributed by atoms with Gasteiger partial charge in [0.2, 0.25) is 5.82 Å². The third-order valence-corrected chi connectivity index (χ3v) is 2.93. The molecule has 0 saturated heterocycles. The van der Waals surface area contributed by atoms with E-state index in [2.05, 4.69) is 10.3 Å². The van der Waals surface area contributed by atoms with Gasteiger partial charge in [0, 0.05) is 17.8 Å². The Morgan fingerprint density at radius 3 is 2.84 bits per heavy atom. The number of nitrogens with one attached hydrogen (secondary N) is 1. The molecule has 0 fully saturated rings. The quantitative estimate of drug-likeness (QED) is 0.487. The number of nitrogens with zero attached hydrogens (tertiary/aromatic N) is 2. The molecular weight excluding hydrogens is 250 g/mol. The van der Waals surface area contributed by atoms with Crippen LogP contribution in [0.25, 0.3) is 0 Å². The highest BCUT2D eigenvalue weighted by Crippen LogP contribution is 2.26. The molecule has 0 spiro atoms. The highest BCUT2D eigenvalue weighted by molar-refractivity contribution is 5.73. The van der Waals surface area contributed by atoms with Crippen molar-refractivity contribution >= 4 is 17.5 Å². The summed E-state index contributed by atoms with van der Waals surface area (Å²) in [5, 5.41) is 22.7. The molecule has 1 aliphatic rings. The summed E-state index contributed by atoms with van der Waals surface area (Å²) < 4.78 is 0. The fraction of sp³-hybridized carbons (Fsp3) is 0.333. The molecule has 7 heteroatoms. The van der Waals surface area contributed by atoms with E-state index in [4.69, 9.17) is 5.11 Å². The molecule has 2 N–H and O–H groups in total. The van der Waals surface area contributed by atoms with Crippen molar-refractivity contribution < 1.29 is 14.8 Å². The molecular formula is C12H13N3O4. The van der Waals surface area contributed by atoms with Gasteiger partial charge in [-0.15, -0.1) is 0 Å². The number of hydrogen-bond donors (Lipinski definition) is 2. The van der Waals surface area contributed by atoms with E-state index in [-0.39, 0.29) is 17.5 Å². The van der Waals surface area contributed by atoms with Crippen LogP contribution in [-0.2, 0) is 4.79 Å². The highest BCUT2D eigenvalue weighted by atomic mass is 16.6. The molecule has 2 rings (SSSR count). The van der Waals surface area contributed by atoms with Crippen LogP contribution >= 0.6 is 0 Å². The van der Waals surface area contributed by atoms with Crippen LogP contribution in [-0.4, -0.2) is 27.0 Å². The third-order valence-electron chi connectivity index (χ3n) is 2.93. The van der Waals surface area contributed by atoms with Crippen LogP contribution in [0.1, 0.15) is 12.1 Å². The van der Waals surface area contributed by atoms with E-state index < -0.39 is 16.8 Å². The van der Waals surface area contributed by atoms with Crippen molar-refractivity contribution in [3.05, 3.63) is 40.1 Å². The summed E-state index contributed by atoms with van der Waals surface area (Å²) in [5.74, 6) is -1.28. The summed E-state index contributed by atoms with van der Waals surface area (Å²) in [6.45, 7) is 1.74. The largest absolute Gasteiger partial charge is 0.481 e. The maximum absolute atomic E-state index is 10.9. The molecule has 0 amide bonds. The Labute approximate surface area is 109 Å². The lowest BCUT2D eigenvalue weighted by Gasteiger charge is -2.13. The van der Waals surface area contributed by atoms with Crippen molar-refractivity contribution in [3.63, 3.8) is 0 Å². The fourth-order valence-corrected chi connectivity index (χ4v) is 1.97. The number of carbonyl (C=O) groups is 1. The summed E-state index contributed by atoms with van der Waals surface area (Å²) in [6.07, 6.45) is 3.65. The second kappa shape index (κ2) is 5.05. The Balaban J connectivity index is 2.16. The van der Waals surface area contributed by atoms with Crippen LogP contribution in [0.5, 0.6) is 0 Å². The summed E-state index contributed by atoms with van der Waals surface area (Å²) in [5.41, 5.74) is 0.544. The third kappa shape index (κ3) is 2.87. The lowest BCUT2D eigenvalue weighted by Crippen LogP contribution is -2.20. The first-order valence-corrected chi connectivity index (χ1v) is 5.77. The molecule has 1 heterocycles. The van der Waals surface area contributed by atoms with Gasteiger partial charge in [0.25, 0.3) is 0 Å². The summed E-state index contributed by atoms with van der Waals surface area (Å²) >= 11 is 0. The minimum absolute atomic E-state index is 0.113. The van der Waals surface area contributed by atoms with Crippen molar-refractivity contribution in [3.8, 4) is 0 Å². The Hall–Kier alpha value is -2.44. The molecule has 1 aromatic heterocycles. The lowest BCUT2D eigenvalue weighted by molar-refractivity contribution is -0.384. The van der Waals surface area contributed by atoms with Crippen LogP contribution in [0, 0.1) is 23.0 Å². The number of aromatic nitrogens is 1. The number of rotatable bonds is 4. The fourth-order valence-electron chi connectivity index (χ4n) is 1.97. The Bertz CT molecular complexity index is 556. The monoisotopic (exact) mass is 263 g/mol. The predicted octanol–water partition coefficient (Wildman–Crippen LogP) is 1.74. The lowest BCUT2D eigenvalue weighted by atomic mass is 10.1. The van der Waals surface area contributed by atoms with Crippen molar-refractivity contribution in [2.24, 2.45) is 5.92 Å². The summed E-state index contributed by atoms with van der Waals surface area (Å²) in [6, 6.07) is 2.69. The number of carboxylic acids is 1.